The van der Waals surface area contributed by atoms with E-state index < -0.39 is 26.7 Å². The Labute approximate surface area is 194 Å². The van der Waals surface area contributed by atoms with Gasteiger partial charge in [0.1, 0.15) is 11.2 Å². The van der Waals surface area contributed by atoms with Gasteiger partial charge in [-0.05, 0) is 25.9 Å². The number of carbonyl (C=O) groups excluding carboxylic acids is 1. The van der Waals surface area contributed by atoms with Gasteiger partial charge in [0.05, 0.1) is 20.3 Å². The molecule has 0 unspecified atom stereocenters. The van der Waals surface area contributed by atoms with Crippen molar-refractivity contribution in [1.82, 2.24) is 24.5 Å². The fourth-order valence-electron chi connectivity index (χ4n) is 2.71. The maximum absolute atomic E-state index is 13.2. The first-order valence-corrected chi connectivity index (χ1v) is 11.3. The zero-order chi connectivity index (χ0) is 24.4. The SMILES string of the molecule is CCn1nc(Cl)c(C2=NOCC(C)(C)O2)c1S(=O)(=O)NC(=O)Nc1nc(OC)cc(OC)n1. The molecule has 0 saturated heterocycles. The number of anilines is 1. The summed E-state index contributed by atoms with van der Waals surface area (Å²) in [5, 5.41) is 9.37. The Morgan fingerprint density at radius 1 is 1.27 bits per heavy atom. The molecule has 2 aromatic rings. The summed E-state index contributed by atoms with van der Waals surface area (Å²) in [6.07, 6.45) is 0. The van der Waals surface area contributed by atoms with Gasteiger partial charge in [-0.25, -0.2) is 9.52 Å². The van der Waals surface area contributed by atoms with Crippen LogP contribution in [0.5, 0.6) is 11.8 Å². The number of carbonyl (C=O) groups is 1. The van der Waals surface area contributed by atoms with Crippen molar-refractivity contribution in [1.29, 1.82) is 0 Å². The topological polar surface area (TPSA) is 168 Å². The summed E-state index contributed by atoms with van der Waals surface area (Å²) in [5.41, 5.74) is -0.950. The lowest BCUT2D eigenvalue weighted by Gasteiger charge is -2.29. The highest BCUT2D eigenvalue weighted by Crippen LogP contribution is 2.29. The van der Waals surface area contributed by atoms with E-state index in [1.54, 1.807) is 20.8 Å². The van der Waals surface area contributed by atoms with E-state index in [1.165, 1.54) is 20.3 Å². The van der Waals surface area contributed by atoms with Crippen molar-refractivity contribution < 1.29 is 32.3 Å². The number of oxime groups is 1. The van der Waals surface area contributed by atoms with Gasteiger partial charge in [-0.2, -0.15) is 23.5 Å². The number of ether oxygens (including phenoxy) is 3. The third-order valence-electron chi connectivity index (χ3n) is 4.11. The number of halogens is 1. The zero-order valence-corrected chi connectivity index (χ0v) is 19.9. The lowest BCUT2D eigenvalue weighted by Crippen LogP contribution is -2.39. The van der Waals surface area contributed by atoms with E-state index in [-0.39, 0.29) is 47.5 Å². The van der Waals surface area contributed by atoms with Crippen molar-refractivity contribution in [2.45, 2.75) is 37.9 Å². The minimum atomic E-state index is -4.53. The van der Waals surface area contributed by atoms with E-state index in [9.17, 15) is 13.2 Å². The molecule has 14 nitrogen and oxygen atoms in total. The average molecular weight is 504 g/mol. The van der Waals surface area contributed by atoms with Crippen LogP contribution in [0.4, 0.5) is 10.7 Å². The lowest BCUT2D eigenvalue weighted by molar-refractivity contribution is -0.0428. The number of amides is 2. The zero-order valence-electron chi connectivity index (χ0n) is 18.4. The molecule has 1 aliphatic rings. The molecule has 0 saturated carbocycles. The van der Waals surface area contributed by atoms with Gasteiger partial charge in [-0.1, -0.05) is 11.6 Å². The van der Waals surface area contributed by atoms with Crippen LogP contribution in [0.25, 0.3) is 0 Å². The second-order valence-corrected chi connectivity index (χ2v) is 9.11. The fourth-order valence-corrected chi connectivity index (χ4v) is 4.31. The molecule has 3 rings (SSSR count). The monoisotopic (exact) mass is 503 g/mol. The second kappa shape index (κ2) is 9.27. The largest absolute Gasteiger partial charge is 0.481 e. The Kier molecular flexibility index (Phi) is 6.83. The van der Waals surface area contributed by atoms with Gasteiger partial charge in [-0.3, -0.25) is 10.00 Å². The van der Waals surface area contributed by atoms with E-state index in [2.05, 4.69) is 25.5 Å². The maximum atomic E-state index is 13.2. The maximum Gasteiger partial charge on any atom is 0.335 e. The quantitative estimate of drug-likeness (QED) is 0.562. The Morgan fingerprint density at radius 3 is 2.45 bits per heavy atom. The lowest BCUT2D eigenvalue weighted by atomic mass is 10.1. The number of methoxy groups -OCH3 is 2. The van der Waals surface area contributed by atoms with Gasteiger partial charge in [0.25, 0.3) is 15.9 Å². The van der Waals surface area contributed by atoms with Crippen LogP contribution in [0.3, 0.4) is 0 Å². The van der Waals surface area contributed by atoms with Crippen molar-refractivity contribution in [2.75, 3.05) is 26.1 Å². The summed E-state index contributed by atoms with van der Waals surface area (Å²) in [4.78, 5) is 25.5. The van der Waals surface area contributed by atoms with Crippen molar-refractivity contribution in [3.63, 3.8) is 0 Å². The van der Waals surface area contributed by atoms with E-state index in [4.69, 9.17) is 30.6 Å². The molecule has 0 fully saturated rings. The average Bonchev–Trinajstić information content (AvgIpc) is 3.09. The van der Waals surface area contributed by atoms with Crippen LogP contribution in [0, 0.1) is 0 Å². The minimum Gasteiger partial charge on any atom is -0.481 e. The molecule has 2 aromatic heterocycles. The number of hydrogen-bond donors (Lipinski definition) is 2. The molecule has 1 aliphatic heterocycles. The molecular formula is C17H22ClN7O7S. The second-order valence-electron chi connectivity index (χ2n) is 7.15. The highest BCUT2D eigenvalue weighted by Gasteiger charge is 2.37. The predicted molar refractivity (Wildman–Crippen MR) is 115 cm³/mol. The van der Waals surface area contributed by atoms with Crippen molar-refractivity contribution in [3.05, 3.63) is 16.8 Å². The van der Waals surface area contributed by atoms with Crippen LogP contribution in [0.2, 0.25) is 5.15 Å². The van der Waals surface area contributed by atoms with Gasteiger partial charge in [0.15, 0.2) is 16.8 Å². The Morgan fingerprint density at radius 2 is 1.91 bits per heavy atom. The first-order valence-electron chi connectivity index (χ1n) is 9.46. The summed E-state index contributed by atoms with van der Waals surface area (Å²) in [6.45, 7) is 5.35. The number of aryl methyl sites for hydroxylation is 1. The van der Waals surface area contributed by atoms with Crippen LogP contribution >= 0.6 is 11.6 Å². The fraction of sp³-hybridized carbons (Fsp3) is 0.471. The molecule has 0 radical (unpaired) electrons. The Balaban J connectivity index is 1.93. The predicted octanol–water partition coefficient (Wildman–Crippen LogP) is 1.36. The molecule has 16 heteroatoms. The highest BCUT2D eigenvalue weighted by atomic mass is 35.5. The molecule has 0 aliphatic carbocycles. The molecule has 3 heterocycles. The molecule has 2 amide bonds. The van der Waals surface area contributed by atoms with Crippen LogP contribution in [0.1, 0.15) is 26.3 Å². The normalized spacial score (nSPS) is 15.0. The van der Waals surface area contributed by atoms with E-state index in [0.29, 0.717) is 0 Å². The van der Waals surface area contributed by atoms with Crippen molar-refractivity contribution in [2.24, 2.45) is 5.16 Å². The summed E-state index contributed by atoms with van der Waals surface area (Å²) >= 11 is 6.21. The molecular weight excluding hydrogens is 482 g/mol. The first kappa shape index (κ1) is 24.3. The number of aromatic nitrogens is 4. The van der Waals surface area contributed by atoms with Crippen molar-refractivity contribution >= 4 is 39.5 Å². The number of sulfonamides is 1. The highest BCUT2D eigenvalue weighted by molar-refractivity contribution is 7.90. The third kappa shape index (κ3) is 5.36. The van der Waals surface area contributed by atoms with Gasteiger partial charge < -0.3 is 19.0 Å². The summed E-state index contributed by atoms with van der Waals surface area (Å²) in [7, 11) is -1.82. The standard InChI is InChI=1S/C17H22ClN7O7S/c1-6-25-14(11(12(18)22-25)13-23-31-8-17(2,3)32-13)33(27,28)24-16(26)21-15-19-9(29-4)7-10(20-15)30-5/h7H,6,8H2,1-5H3,(H2,19,20,21,24,26). The van der Waals surface area contributed by atoms with Crippen LogP contribution in [0.15, 0.2) is 16.2 Å². The van der Waals surface area contributed by atoms with Crippen LogP contribution in [-0.4, -0.2) is 66.5 Å². The molecule has 0 bridgehead atoms. The summed E-state index contributed by atoms with van der Waals surface area (Å²) in [5.74, 6) is -0.254. The molecule has 33 heavy (non-hydrogen) atoms. The van der Waals surface area contributed by atoms with Gasteiger partial charge in [0, 0.05) is 6.54 Å². The minimum absolute atomic E-state index is 0.0909. The molecule has 180 valence electrons. The number of urea groups is 1. The first-order chi connectivity index (χ1) is 15.5. The smallest absolute Gasteiger partial charge is 0.335 e. The molecule has 2 N–H and O–H groups in total. The van der Waals surface area contributed by atoms with Crippen molar-refractivity contribution in [3.8, 4) is 11.8 Å². The van der Waals surface area contributed by atoms with Gasteiger partial charge >= 0.3 is 6.03 Å². The number of nitrogens with zero attached hydrogens (tertiary/aromatic N) is 5. The summed E-state index contributed by atoms with van der Waals surface area (Å²) in [6, 6.07) is 0.224. The van der Waals surface area contributed by atoms with E-state index in [0.717, 1.165) is 4.68 Å². The summed E-state index contributed by atoms with van der Waals surface area (Å²) < 4.78 is 45.0. The van der Waals surface area contributed by atoms with Gasteiger partial charge in [-0.15, -0.1) is 0 Å². The van der Waals surface area contributed by atoms with Crippen LogP contribution in [-0.2, 0) is 26.1 Å². The number of rotatable bonds is 7. The number of hydrogen-bond acceptors (Lipinski definition) is 11. The third-order valence-corrected chi connectivity index (χ3v) is 5.76. The molecule has 0 aromatic carbocycles. The van der Waals surface area contributed by atoms with Gasteiger partial charge in [0.2, 0.25) is 17.7 Å². The Hall–Kier alpha value is -3.33. The van der Waals surface area contributed by atoms with Crippen LogP contribution < -0.4 is 19.5 Å². The van der Waals surface area contributed by atoms with E-state index >= 15 is 0 Å². The number of nitrogens with one attached hydrogen (secondary N) is 2. The van der Waals surface area contributed by atoms with E-state index in [1.807, 2.05) is 4.72 Å². The molecule has 0 spiro atoms. The molecule has 0 atom stereocenters. The Bertz CT molecular complexity index is 1170.